The minimum Gasteiger partial charge on any atom is -0.293 e. The smallest absolute Gasteiger partial charge is 0.129 e. The summed E-state index contributed by atoms with van der Waals surface area (Å²) in [6.07, 6.45) is 0. The average Bonchev–Trinajstić information content (AvgIpc) is 2.76. The van der Waals surface area contributed by atoms with Crippen molar-refractivity contribution in [2.45, 2.75) is 5.88 Å². The molecule has 0 aliphatic heterocycles. The Morgan fingerprint density at radius 3 is 2.50 bits per heavy atom. The second kappa shape index (κ2) is 5.94. The summed E-state index contributed by atoms with van der Waals surface area (Å²) >= 11 is 15.6. The maximum atomic E-state index is 6.08. The Hall–Kier alpha value is -0.110. The van der Waals surface area contributed by atoms with E-state index in [1.807, 2.05) is 18.2 Å². The van der Waals surface area contributed by atoms with E-state index in [1.54, 1.807) is 0 Å². The van der Waals surface area contributed by atoms with Crippen LogP contribution in [0.25, 0.3) is 16.7 Å². The van der Waals surface area contributed by atoms with Crippen molar-refractivity contribution in [2.24, 2.45) is 0 Å². The second-order valence-corrected chi connectivity index (χ2v) is 7.42. The molecule has 102 valence electrons. The molecule has 3 rings (SSSR count). The number of hydrogen-bond acceptors (Lipinski definition) is 1. The summed E-state index contributed by atoms with van der Waals surface area (Å²) in [6.45, 7) is 0. The first-order chi connectivity index (χ1) is 9.61. The van der Waals surface area contributed by atoms with E-state index in [1.165, 1.54) is 0 Å². The molecule has 0 fully saturated rings. The predicted molar refractivity (Wildman–Crippen MR) is 98.7 cm³/mol. The summed E-state index contributed by atoms with van der Waals surface area (Å²) in [6, 6.07) is 12.2. The van der Waals surface area contributed by atoms with E-state index in [0.717, 1.165) is 35.1 Å². The molecule has 2 nitrogen and oxygen atoms in total. The van der Waals surface area contributed by atoms with Gasteiger partial charge >= 0.3 is 0 Å². The molecule has 0 aliphatic rings. The summed E-state index contributed by atoms with van der Waals surface area (Å²) in [5.74, 6) is 1.19. The van der Waals surface area contributed by atoms with Crippen molar-refractivity contribution in [3.8, 4) is 5.69 Å². The standard InChI is InChI=1S/C14H8Br2ClIN2/c15-9-2-1-3-10(16)14(9)20-12-5-4-8(18)6-11(12)19-13(20)7-17/h1-6H,7H2. The van der Waals surface area contributed by atoms with Crippen LogP contribution in [0.5, 0.6) is 0 Å². The Kier molecular flexibility index (Phi) is 4.40. The third-order valence-corrected chi connectivity index (χ3v) is 5.16. The van der Waals surface area contributed by atoms with Gasteiger partial charge in [-0.25, -0.2) is 4.98 Å². The zero-order valence-corrected chi connectivity index (χ0v) is 16.2. The number of fused-ring (bicyclic) bond motifs is 1. The highest BCUT2D eigenvalue weighted by Crippen LogP contribution is 2.33. The van der Waals surface area contributed by atoms with E-state index in [9.17, 15) is 0 Å². The molecule has 0 spiro atoms. The van der Waals surface area contributed by atoms with Gasteiger partial charge in [0.05, 0.1) is 22.6 Å². The first kappa shape index (κ1) is 14.8. The zero-order chi connectivity index (χ0) is 14.3. The van der Waals surface area contributed by atoms with Crippen LogP contribution in [0.2, 0.25) is 0 Å². The van der Waals surface area contributed by atoms with Gasteiger partial charge in [0.25, 0.3) is 0 Å². The SMILES string of the molecule is ClCc1nc2cc(I)ccc2n1-c1c(Br)cccc1Br. The molecule has 0 saturated carbocycles. The number of benzene rings is 2. The van der Waals surface area contributed by atoms with Gasteiger partial charge in [0.2, 0.25) is 0 Å². The molecular weight excluding hydrogens is 518 g/mol. The molecule has 20 heavy (non-hydrogen) atoms. The van der Waals surface area contributed by atoms with Crippen molar-refractivity contribution in [1.82, 2.24) is 9.55 Å². The van der Waals surface area contributed by atoms with Crippen LogP contribution in [0.3, 0.4) is 0 Å². The number of aromatic nitrogens is 2. The van der Waals surface area contributed by atoms with Gasteiger partial charge in [0.15, 0.2) is 0 Å². The molecule has 1 heterocycles. The van der Waals surface area contributed by atoms with Gasteiger partial charge in [-0.1, -0.05) is 6.07 Å². The Morgan fingerprint density at radius 1 is 1.15 bits per heavy atom. The van der Waals surface area contributed by atoms with Gasteiger partial charge in [0.1, 0.15) is 5.82 Å². The van der Waals surface area contributed by atoms with Crippen LogP contribution >= 0.6 is 66.1 Å². The van der Waals surface area contributed by atoms with Crippen LogP contribution in [-0.4, -0.2) is 9.55 Å². The Morgan fingerprint density at radius 2 is 1.85 bits per heavy atom. The molecule has 0 bridgehead atoms. The lowest BCUT2D eigenvalue weighted by Crippen LogP contribution is -2.01. The third-order valence-electron chi connectivity index (χ3n) is 2.97. The Labute approximate surface area is 151 Å². The second-order valence-electron chi connectivity index (χ2n) is 4.20. The predicted octanol–water partition coefficient (Wildman–Crippen LogP) is 5.89. The summed E-state index contributed by atoms with van der Waals surface area (Å²) in [4.78, 5) is 4.64. The molecule has 0 atom stereocenters. The van der Waals surface area contributed by atoms with Crippen LogP contribution in [0.4, 0.5) is 0 Å². The molecule has 6 heteroatoms. The van der Waals surface area contributed by atoms with E-state index in [0.29, 0.717) is 5.88 Å². The van der Waals surface area contributed by atoms with Crippen molar-refractivity contribution in [3.05, 3.63) is 54.7 Å². The third kappa shape index (κ3) is 2.53. The van der Waals surface area contributed by atoms with Crippen LogP contribution in [0.15, 0.2) is 45.3 Å². The zero-order valence-electron chi connectivity index (χ0n) is 10.1. The molecule has 1 aromatic heterocycles. The van der Waals surface area contributed by atoms with Gasteiger partial charge in [-0.3, -0.25) is 4.57 Å². The highest BCUT2D eigenvalue weighted by Gasteiger charge is 2.16. The minimum absolute atomic E-state index is 0.360. The fourth-order valence-corrected chi connectivity index (χ4v) is 4.15. The number of alkyl halides is 1. The average molecular weight is 526 g/mol. The van der Waals surface area contributed by atoms with Gasteiger partial charge in [-0.2, -0.15) is 0 Å². The summed E-state index contributed by atoms with van der Waals surface area (Å²) in [5.41, 5.74) is 3.02. The molecule has 0 saturated heterocycles. The van der Waals surface area contributed by atoms with Gasteiger partial charge < -0.3 is 0 Å². The molecular formula is C14H8Br2ClIN2. The number of nitrogens with zero attached hydrogens (tertiary/aromatic N) is 2. The lowest BCUT2D eigenvalue weighted by Gasteiger charge is -2.12. The summed E-state index contributed by atoms with van der Waals surface area (Å²) in [5, 5.41) is 0. The van der Waals surface area contributed by atoms with Crippen molar-refractivity contribution >= 4 is 77.1 Å². The van der Waals surface area contributed by atoms with Crippen molar-refractivity contribution < 1.29 is 0 Å². The molecule has 0 aliphatic carbocycles. The number of hydrogen-bond donors (Lipinski definition) is 0. The fraction of sp³-hybridized carbons (Fsp3) is 0.0714. The molecule has 0 unspecified atom stereocenters. The number of para-hydroxylation sites is 1. The Bertz CT molecular complexity index is 781. The topological polar surface area (TPSA) is 17.8 Å². The molecule has 0 radical (unpaired) electrons. The van der Waals surface area contributed by atoms with Crippen LogP contribution < -0.4 is 0 Å². The van der Waals surface area contributed by atoms with Crippen LogP contribution in [0, 0.1) is 3.57 Å². The first-order valence-electron chi connectivity index (χ1n) is 5.79. The van der Waals surface area contributed by atoms with Crippen LogP contribution in [-0.2, 0) is 5.88 Å². The lowest BCUT2D eigenvalue weighted by atomic mass is 10.3. The minimum atomic E-state index is 0.360. The van der Waals surface area contributed by atoms with E-state index < -0.39 is 0 Å². The molecule has 2 aromatic carbocycles. The monoisotopic (exact) mass is 524 g/mol. The maximum absolute atomic E-state index is 6.08. The van der Waals surface area contributed by atoms with Crippen molar-refractivity contribution in [3.63, 3.8) is 0 Å². The van der Waals surface area contributed by atoms with Gasteiger partial charge in [-0.05, 0) is 84.8 Å². The molecule has 3 aromatic rings. The highest BCUT2D eigenvalue weighted by molar-refractivity contribution is 14.1. The fourth-order valence-electron chi connectivity index (χ4n) is 2.15. The summed E-state index contributed by atoms with van der Waals surface area (Å²) < 4.78 is 5.24. The number of rotatable bonds is 2. The normalized spacial score (nSPS) is 11.2. The molecule has 0 N–H and O–H groups in total. The van der Waals surface area contributed by atoms with E-state index in [4.69, 9.17) is 11.6 Å². The highest BCUT2D eigenvalue weighted by atomic mass is 127. The van der Waals surface area contributed by atoms with E-state index in [-0.39, 0.29) is 0 Å². The van der Waals surface area contributed by atoms with Crippen molar-refractivity contribution in [1.29, 1.82) is 0 Å². The van der Waals surface area contributed by atoms with Gasteiger partial charge in [0, 0.05) is 12.5 Å². The van der Waals surface area contributed by atoms with E-state index in [2.05, 4.69) is 82.2 Å². The summed E-state index contributed by atoms with van der Waals surface area (Å²) in [7, 11) is 0. The van der Waals surface area contributed by atoms with Crippen LogP contribution in [0.1, 0.15) is 5.82 Å². The van der Waals surface area contributed by atoms with Gasteiger partial charge in [-0.15, -0.1) is 11.6 Å². The van der Waals surface area contributed by atoms with Crippen molar-refractivity contribution in [2.75, 3.05) is 0 Å². The largest absolute Gasteiger partial charge is 0.293 e. The number of imidazole rings is 1. The maximum Gasteiger partial charge on any atom is 0.129 e. The molecule has 0 amide bonds. The van der Waals surface area contributed by atoms with E-state index >= 15 is 0 Å². The number of halogens is 4. The first-order valence-corrected chi connectivity index (χ1v) is 8.99. The quantitative estimate of drug-likeness (QED) is 0.301. The lowest BCUT2D eigenvalue weighted by molar-refractivity contribution is 0.972. The Balaban J connectivity index is 2.40.